The number of hydrogen-bond donors (Lipinski definition) is 0. The van der Waals surface area contributed by atoms with Gasteiger partial charge in [-0.2, -0.15) is 0 Å². The van der Waals surface area contributed by atoms with Crippen LogP contribution in [0.25, 0.3) is 44.2 Å². The molecule has 0 atom stereocenters. The van der Waals surface area contributed by atoms with Gasteiger partial charge in [0.05, 0.1) is 11.1 Å². The van der Waals surface area contributed by atoms with E-state index in [0.29, 0.717) is 0 Å². The Morgan fingerprint density at radius 1 is 0.375 bits per heavy atom. The van der Waals surface area contributed by atoms with E-state index in [0.717, 1.165) is 62.3 Å². The van der Waals surface area contributed by atoms with Crippen LogP contribution in [0.15, 0.2) is 200 Å². The summed E-state index contributed by atoms with van der Waals surface area (Å²) < 4.78 is 13.4. The fourth-order valence-corrected chi connectivity index (χ4v) is 9.60. The van der Waals surface area contributed by atoms with E-state index in [1.807, 2.05) is 24.3 Å². The Bertz CT molecular complexity index is 2990. The highest BCUT2D eigenvalue weighted by molar-refractivity contribution is 6.00. The van der Waals surface area contributed by atoms with Gasteiger partial charge < -0.3 is 14.4 Å². The molecular weight excluding hydrogens is 683 g/mol. The SMILES string of the molecule is c1ccc(N(c2ccc(-c3ccc4c(c3)-c3c(ccc5c3Oc3ccccc3O5)C43c4ccccc4-c4ccccc43)cc2)c2cccc3ccccc23)cc1. The Kier molecular flexibility index (Phi) is 6.55. The largest absolute Gasteiger partial charge is 0.449 e. The van der Waals surface area contributed by atoms with Crippen molar-refractivity contribution in [3.63, 3.8) is 0 Å². The predicted octanol–water partition coefficient (Wildman–Crippen LogP) is 14.2. The second kappa shape index (κ2) is 11.8. The van der Waals surface area contributed by atoms with Gasteiger partial charge in [-0.15, -0.1) is 0 Å². The van der Waals surface area contributed by atoms with E-state index < -0.39 is 5.41 Å². The van der Waals surface area contributed by atoms with Gasteiger partial charge in [-0.05, 0) is 110 Å². The zero-order valence-electron chi connectivity index (χ0n) is 30.3. The van der Waals surface area contributed by atoms with Crippen molar-refractivity contribution in [3.8, 4) is 56.4 Å². The van der Waals surface area contributed by atoms with Gasteiger partial charge in [-0.25, -0.2) is 0 Å². The summed E-state index contributed by atoms with van der Waals surface area (Å²) in [5.41, 5.74) is 15.0. The fraction of sp³-hybridized carbons (Fsp3) is 0.0189. The first-order valence-electron chi connectivity index (χ1n) is 19.2. The van der Waals surface area contributed by atoms with Crippen LogP contribution >= 0.6 is 0 Å². The lowest BCUT2D eigenvalue weighted by Crippen LogP contribution is -2.25. The van der Waals surface area contributed by atoms with Crippen LogP contribution in [0.4, 0.5) is 17.1 Å². The van der Waals surface area contributed by atoms with E-state index in [9.17, 15) is 0 Å². The molecule has 0 radical (unpaired) electrons. The molecule has 3 aliphatic rings. The number of fused-ring (bicyclic) bond motifs is 14. The lowest BCUT2D eigenvalue weighted by atomic mass is 9.70. The minimum Gasteiger partial charge on any atom is -0.449 e. The number of anilines is 3. The zero-order chi connectivity index (χ0) is 36.8. The molecule has 0 saturated heterocycles. The van der Waals surface area contributed by atoms with Gasteiger partial charge in [0.1, 0.15) is 0 Å². The Morgan fingerprint density at radius 2 is 0.964 bits per heavy atom. The molecule has 0 saturated carbocycles. The van der Waals surface area contributed by atoms with Gasteiger partial charge in [0.2, 0.25) is 0 Å². The van der Waals surface area contributed by atoms with Crippen molar-refractivity contribution in [1.82, 2.24) is 0 Å². The third kappa shape index (κ3) is 4.28. The molecule has 1 aliphatic heterocycles. The summed E-state index contributed by atoms with van der Waals surface area (Å²) in [5.74, 6) is 2.95. The average molecular weight is 716 g/mol. The van der Waals surface area contributed by atoms with Gasteiger partial charge in [0.15, 0.2) is 23.0 Å². The molecule has 0 aromatic heterocycles. The normalized spacial score (nSPS) is 13.4. The molecule has 0 bridgehead atoms. The van der Waals surface area contributed by atoms with Gasteiger partial charge in [0, 0.05) is 22.3 Å². The molecule has 1 heterocycles. The topological polar surface area (TPSA) is 21.7 Å². The van der Waals surface area contributed by atoms with Crippen molar-refractivity contribution in [2.45, 2.75) is 5.41 Å². The third-order valence-electron chi connectivity index (χ3n) is 11.9. The van der Waals surface area contributed by atoms with E-state index >= 15 is 0 Å². The first kappa shape index (κ1) is 31.0. The Hall–Kier alpha value is -7.36. The monoisotopic (exact) mass is 715 g/mol. The predicted molar refractivity (Wildman–Crippen MR) is 227 cm³/mol. The second-order valence-corrected chi connectivity index (χ2v) is 14.8. The average Bonchev–Trinajstić information content (AvgIpc) is 3.74. The summed E-state index contributed by atoms with van der Waals surface area (Å²) in [6.45, 7) is 0. The molecule has 262 valence electrons. The maximum absolute atomic E-state index is 6.83. The Labute approximate surface area is 325 Å². The number of ether oxygens (including phenoxy) is 2. The molecule has 0 unspecified atom stereocenters. The minimum absolute atomic E-state index is 0.496. The zero-order valence-corrected chi connectivity index (χ0v) is 30.3. The Morgan fingerprint density at radius 3 is 1.75 bits per heavy atom. The van der Waals surface area contributed by atoms with Gasteiger partial charge in [0.25, 0.3) is 0 Å². The van der Waals surface area contributed by atoms with E-state index in [1.54, 1.807) is 0 Å². The molecule has 0 N–H and O–H groups in total. The maximum atomic E-state index is 6.83. The lowest BCUT2D eigenvalue weighted by molar-refractivity contribution is 0.360. The van der Waals surface area contributed by atoms with Crippen molar-refractivity contribution < 1.29 is 9.47 Å². The molecule has 1 spiro atoms. The molecule has 2 aliphatic carbocycles. The summed E-state index contributed by atoms with van der Waals surface area (Å²) in [4.78, 5) is 2.35. The van der Waals surface area contributed by atoms with Crippen LogP contribution in [-0.2, 0) is 5.41 Å². The van der Waals surface area contributed by atoms with Crippen molar-refractivity contribution in [2.24, 2.45) is 0 Å². The van der Waals surface area contributed by atoms with Crippen LogP contribution < -0.4 is 14.4 Å². The van der Waals surface area contributed by atoms with Crippen LogP contribution in [0.3, 0.4) is 0 Å². The standard InChI is InChI=1S/C53H33NO2/c1-2-15-37(16-3-1)54(47-22-12-14-35-13-4-5-17-39(35)47)38-28-25-34(26-29-38)36-27-30-45-42(33-36)51-46(31-32-50-52(51)56-49-24-11-10-23-48(49)55-50)53(45)43-20-8-6-18-40(43)41-19-7-9-21-44(41)53/h1-33H. The maximum Gasteiger partial charge on any atom is 0.178 e. The molecule has 12 rings (SSSR count). The molecule has 56 heavy (non-hydrogen) atoms. The first-order chi connectivity index (χ1) is 27.8. The van der Waals surface area contributed by atoms with Crippen molar-refractivity contribution in [2.75, 3.05) is 4.90 Å². The van der Waals surface area contributed by atoms with Gasteiger partial charge in [-0.3, -0.25) is 0 Å². The lowest BCUT2D eigenvalue weighted by Gasteiger charge is -2.31. The van der Waals surface area contributed by atoms with E-state index in [4.69, 9.17) is 9.47 Å². The number of nitrogens with zero attached hydrogens (tertiary/aromatic N) is 1. The quantitative estimate of drug-likeness (QED) is 0.181. The van der Waals surface area contributed by atoms with Crippen molar-refractivity contribution in [3.05, 3.63) is 222 Å². The highest BCUT2D eigenvalue weighted by atomic mass is 16.6. The highest BCUT2D eigenvalue weighted by Crippen LogP contribution is 2.66. The first-order valence-corrected chi connectivity index (χ1v) is 19.2. The molecule has 9 aromatic rings. The summed E-state index contributed by atoms with van der Waals surface area (Å²) >= 11 is 0. The van der Waals surface area contributed by atoms with E-state index in [1.165, 1.54) is 44.2 Å². The number of para-hydroxylation sites is 3. The molecule has 3 nitrogen and oxygen atoms in total. The van der Waals surface area contributed by atoms with E-state index in [-0.39, 0.29) is 0 Å². The van der Waals surface area contributed by atoms with Crippen molar-refractivity contribution >= 4 is 27.8 Å². The van der Waals surface area contributed by atoms with Crippen molar-refractivity contribution in [1.29, 1.82) is 0 Å². The Balaban J connectivity index is 1.04. The van der Waals surface area contributed by atoms with Crippen LogP contribution in [0.5, 0.6) is 23.0 Å². The second-order valence-electron chi connectivity index (χ2n) is 14.8. The number of hydrogen-bond acceptors (Lipinski definition) is 3. The summed E-state index contributed by atoms with van der Waals surface area (Å²) in [5, 5.41) is 2.42. The summed E-state index contributed by atoms with van der Waals surface area (Å²) in [6.07, 6.45) is 0. The summed E-state index contributed by atoms with van der Waals surface area (Å²) in [6, 6.07) is 71.8. The van der Waals surface area contributed by atoms with Crippen LogP contribution in [0.2, 0.25) is 0 Å². The third-order valence-corrected chi connectivity index (χ3v) is 11.9. The van der Waals surface area contributed by atoms with Crippen LogP contribution in [0, 0.1) is 0 Å². The molecular formula is C53H33NO2. The molecule has 0 fully saturated rings. The van der Waals surface area contributed by atoms with Crippen LogP contribution in [0.1, 0.15) is 22.3 Å². The van der Waals surface area contributed by atoms with Crippen LogP contribution in [-0.4, -0.2) is 0 Å². The highest BCUT2D eigenvalue weighted by Gasteiger charge is 2.53. The minimum atomic E-state index is -0.496. The molecule has 9 aromatic carbocycles. The fourth-order valence-electron chi connectivity index (χ4n) is 9.60. The van der Waals surface area contributed by atoms with Gasteiger partial charge >= 0.3 is 0 Å². The van der Waals surface area contributed by atoms with E-state index in [2.05, 4.69) is 181 Å². The number of benzene rings is 9. The molecule has 0 amide bonds. The molecule has 3 heteroatoms. The smallest absolute Gasteiger partial charge is 0.178 e. The summed E-state index contributed by atoms with van der Waals surface area (Å²) in [7, 11) is 0. The number of rotatable bonds is 4. The van der Waals surface area contributed by atoms with Gasteiger partial charge in [-0.1, -0.05) is 146 Å².